The molecule has 6 N–H and O–H groups in total. The largest absolute Gasteiger partial charge is 0.395 e. The highest BCUT2D eigenvalue weighted by Crippen LogP contribution is 2.32. The molecule has 1 aromatic heterocycles. The van der Waals surface area contributed by atoms with Gasteiger partial charge in [-0.3, -0.25) is 9.62 Å². The molecule has 4 atom stereocenters. The molecule has 1 saturated heterocycles. The second kappa shape index (κ2) is 12.5. The van der Waals surface area contributed by atoms with Crippen LogP contribution >= 0.6 is 0 Å². The number of unbranched alkanes of at least 4 members (excludes halogenated alkanes) is 3. The summed E-state index contributed by atoms with van der Waals surface area (Å²) in [5, 5.41) is 42.5. The van der Waals surface area contributed by atoms with E-state index in [1.54, 1.807) is 30.6 Å². The molecule has 1 aromatic carbocycles. The summed E-state index contributed by atoms with van der Waals surface area (Å²) in [7, 11) is -3.40. The number of aromatic nitrogens is 2. The van der Waals surface area contributed by atoms with Crippen molar-refractivity contribution in [2.75, 3.05) is 36.3 Å². The molecule has 1 saturated carbocycles. The standard InChI is InChI=1S/C25H37N5O6S/c31-16-21-23(33)24(34)22(32)15-30(21)11-4-2-1-3-8-26-18-12-17(25-27-9-5-10-28-25)13-19(14-18)29-37(35,36)20-6-7-20/h5,9-10,12-14,20-24,26,29,31-34H,1-4,6-8,11,15-16H2/t21-,22+,23-,24?/m1/s1. The molecule has 1 aliphatic carbocycles. The molecule has 1 unspecified atom stereocenters. The summed E-state index contributed by atoms with van der Waals surface area (Å²) >= 11 is 0. The highest BCUT2D eigenvalue weighted by Gasteiger charge is 2.40. The molecule has 2 heterocycles. The van der Waals surface area contributed by atoms with Crippen molar-refractivity contribution in [1.82, 2.24) is 14.9 Å². The third-order valence-electron chi connectivity index (χ3n) is 6.90. The maximum Gasteiger partial charge on any atom is 0.235 e. The van der Waals surface area contributed by atoms with Gasteiger partial charge in [0, 0.05) is 36.7 Å². The number of rotatable bonds is 13. The third kappa shape index (κ3) is 7.37. The number of nitrogens with one attached hydrogen (secondary N) is 2. The van der Waals surface area contributed by atoms with E-state index in [4.69, 9.17) is 0 Å². The van der Waals surface area contributed by atoms with Crippen LogP contribution in [-0.2, 0) is 10.0 Å². The van der Waals surface area contributed by atoms with E-state index in [0.717, 1.165) is 31.4 Å². The molecule has 2 fully saturated rings. The van der Waals surface area contributed by atoms with Crippen molar-refractivity contribution in [1.29, 1.82) is 0 Å². The Kier molecular flexibility index (Phi) is 9.32. The van der Waals surface area contributed by atoms with Gasteiger partial charge in [0.15, 0.2) is 5.82 Å². The van der Waals surface area contributed by atoms with Gasteiger partial charge >= 0.3 is 0 Å². The minimum atomic E-state index is -3.40. The number of benzene rings is 1. The number of aliphatic hydroxyl groups excluding tert-OH is 4. The van der Waals surface area contributed by atoms with Crippen LogP contribution in [0.15, 0.2) is 36.7 Å². The molecule has 12 heteroatoms. The molecule has 0 bridgehead atoms. The quantitative estimate of drug-likeness (QED) is 0.202. The summed E-state index contributed by atoms with van der Waals surface area (Å²) < 4.78 is 27.6. The predicted molar refractivity (Wildman–Crippen MR) is 140 cm³/mol. The lowest BCUT2D eigenvalue weighted by atomic mass is 9.94. The Balaban J connectivity index is 1.27. The van der Waals surface area contributed by atoms with E-state index in [0.29, 0.717) is 43.0 Å². The van der Waals surface area contributed by atoms with Crippen LogP contribution in [0, 0.1) is 0 Å². The number of anilines is 2. The first-order valence-electron chi connectivity index (χ1n) is 12.9. The average molecular weight is 536 g/mol. The molecular formula is C25H37N5O6S. The number of likely N-dealkylation sites (tertiary alicyclic amines) is 1. The van der Waals surface area contributed by atoms with Crippen molar-refractivity contribution < 1.29 is 28.8 Å². The van der Waals surface area contributed by atoms with Gasteiger partial charge in [-0.25, -0.2) is 18.4 Å². The van der Waals surface area contributed by atoms with Gasteiger partial charge in [-0.05, 0) is 56.5 Å². The summed E-state index contributed by atoms with van der Waals surface area (Å²) in [4.78, 5) is 10.4. The molecule has 4 rings (SSSR count). The smallest absolute Gasteiger partial charge is 0.235 e. The molecular weight excluding hydrogens is 498 g/mol. The molecule has 11 nitrogen and oxygen atoms in total. The molecule has 1 aliphatic heterocycles. The van der Waals surface area contributed by atoms with Crippen molar-refractivity contribution >= 4 is 21.4 Å². The van der Waals surface area contributed by atoms with Crippen molar-refractivity contribution in [3.8, 4) is 11.4 Å². The lowest BCUT2D eigenvalue weighted by Crippen LogP contribution is -2.62. The van der Waals surface area contributed by atoms with Crippen LogP contribution < -0.4 is 10.0 Å². The maximum absolute atomic E-state index is 12.5. The predicted octanol–water partition coefficient (Wildman–Crippen LogP) is 0.779. The first kappa shape index (κ1) is 27.7. The Hall–Kier alpha value is -2.35. The fourth-order valence-electron chi connectivity index (χ4n) is 4.65. The summed E-state index contributed by atoms with van der Waals surface area (Å²) in [5.41, 5.74) is 1.97. The molecule has 204 valence electrons. The fourth-order valence-corrected chi connectivity index (χ4v) is 6.02. The van der Waals surface area contributed by atoms with Crippen LogP contribution in [-0.4, -0.2) is 99.6 Å². The zero-order chi connectivity index (χ0) is 26.4. The zero-order valence-electron chi connectivity index (χ0n) is 20.8. The van der Waals surface area contributed by atoms with E-state index in [9.17, 15) is 28.8 Å². The summed E-state index contributed by atoms with van der Waals surface area (Å²) in [6.07, 6.45) is 4.81. The topological polar surface area (TPSA) is 168 Å². The maximum atomic E-state index is 12.5. The number of hydrogen-bond donors (Lipinski definition) is 6. The number of aliphatic hydroxyl groups is 4. The molecule has 37 heavy (non-hydrogen) atoms. The molecule has 0 radical (unpaired) electrons. The molecule has 0 spiro atoms. The number of β-amino-alcohol motifs (C(OH)–C–C–N with tert-alkyl or cyclic N) is 1. The van der Waals surface area contributed by atoms with Crippen LogP contribution in [0.4, 0.5) is 11.4 Å². The van der Waals surface area contributed by atoms with Crippen molar-refractivity contribution in [3.63, 3.8) is 0 Å². The van der Waals surface area contributed by atoms with E-state index >= 15 is 0 Å². The van der Waals surface area contributed by atoms with Crippen LogP contribution in [0.5, 0.6) is 0 Å². The zero-order valence-corrected chi connectivity index (χ0v) is 21.6. The van der Waals surface area contributed by atoms with Gasteiger partial charge < -0.3 is 25.7 Å². The van der Waals surface area contributed by atoms with Crippen LogP contribution in [0.3, 0.4) is 0 Å². The van der Waals surface area contributed by atoms with Gasteiger partial charge in [0.2, 0.25) is 10.0 Å². The number of sulfonamides is 1. The van der Waals surface area contributed by atoms with Gasteiger partial charge in [0.1, 0.15) is 12.2 Å². The number of piperidine rings is 1. The Bertz CT molecular complexity index is 1120. The van der Waals surface area contributed by atoms with E-state index in [1.807, 2.05) is 11.0 Å². The first-order valence-corrected chi connectivity index (χ1v) is 14.4. The monoisotopic (exact) mass is 535 g/mol. The van der Waals surface area contributed by atoms with Gasteiger partial charge in [-0.2, -0.15) is 0 Å². The highest BCUT2D eigenvalue weighted by molar-refractivity contribution is 7.93. The lowest BCUT2D eigenvalue weighted by Gasteiger charge is -2.43. The number of nitrogens with zero attached hydrogens (tertiary/aromatic N) is 3. The average Bonchev–Trinajstić information content (AvgIpc) is 3.74. The van der Waals surface area contributed by atoms with Crippen molar-refractivity contribution in [2.45, 2.75) is 68.1 Å². The van der Waals surface area contributed by atoms with Crippen molar-refractivity contribution in [3.05, 3.63) is 36.7 Å². The van der Waals surface area contributed by atoms with Gasteiger partial charge in [0.25, 0.3) is 0 Å². The Morgan fingerprint density at radius 3 is 2.35 bits per heavy atom. The molecule has 2 aromatic rings. The second-order valence-corrected chi connectivity index (χ2v) is 11.8. The summed E-state index contributed by atoms with van der Waals surface area (Å²) in [5.74, 6) is 0.514. The first-order chi connectivity index (χ1) is 17.8. The Morgan fingerprint density at radius 1 is 0.946 bits per heavy atom. The lowest BCUT2D eigenvalue weighted by molar-refractivity contribution is -0.145. The fraction of sp³-hybridized carbons (Fsp3) is 0.600. The summed E-state index contributed by atoms with van der Waals surface area (Å²) in [6, 6.07) is 6.58. The number of hydrogen-bond acceptors (Lipinski definition) is 10. The Morgan fingerprint density at radius 2 is 1.65 bits per heavy atom. The minimum Gasteiger partial charge on any atom is -0.395 e. The SMILES string of the molecule is O=S(=O)(Nc1cc(NCCCCCCN2C[C@H](O)C(O)[C@H](O)[C@H]2CO)cc(-c2ncccn2)c1)C1CC1. The summed E-state index contributed by atoms with van der Waals surface area (Å²) in [6.45, 7) is 1.25. The van der Waals surface area contributed by atoms with E-state index in [2.05, 4.69) is 20.0 Å². The van der Waals surface area contributed by atoms with Crippen LogP contribution in [0.1, 0.15) is 38.5 Å². The molecule has 2 aliphatic rings. The van der Waals surface area contributed by atoms with Crippen LogP contribution in [0.25, 0.3) is 11.4 Å². The Labute approximate surface area is 217 Å². The highest BCUT2D eigenvalue weighted by atomic mass is 32.2. The van der Waals surface area contributed by atoms with Gasteiger partial charge in [0.05, 0.1) is 29.7 Å². The van der Waals surface area contributed by atoms with Crippen LogP contribution in [0.2, 0.25) is 0 Å². The third-order valence-corrected chi connectivity index (χ3v) is 8.77. The normalized spacial score (nSPS) is 24.6. The van der Waals surface area contributed by atoms with Crippen molar-refractivity contribution in [2.24, 2.45) is 0 Å². The minimum absolute atomic E-state index is 0.222. The molecule has 0 amide bonds. The second-order valence-electron chi connectivity index (χ2n) is 9.85. The van der Waals surface area contributed by atoms with Gasteiger partial charge in [-0.1, -0.05) is 12.8 Å². The van der Waals surface area contributed by atoms with E-state index in [1.165, 1.54) is 0 Å². The van der Waals surface area contributed by atoms with Gasteiger partial charge in [-0.15, -0.1) is 0 Å². The van der Waals surface area contributed by atoms with E-state index in [-0.39, 0.29) is 18.4 Å². The van der Waals surface area contributed by atoms with E-state index < -0.39 is 34.4 Å².